The van der Waals surface area contributed by atoms with Gasteiger partial charge in [-0.05, 0) is 43.8 Å². The summed E-state index contributed by atoms with van der Waals surface area (Å²) in [6.07, 6.45) is 3.14. The molecular formula is C34H45NO10. The van der Waals surface area contributed by atoms with Crippen molar-refractivity contribution in [1.82, 2.24) is 5.32 Å². The zero-order valence-corrected chi connectivity index (χ0v) is 27.4. The van der Waals surface area contributed by atoms with Crippen molar-refractivity contribution in [3.8, 4) is 0 Å². The van der Waals surface area contributed by atoms with Gasteiger partial charge in [0, 0.05) is 42.9 Å². The number of epoxide rings is 1. The van der Waals surface area contributed by atoms with E-state index in [0.29, 0.717) is 25.0 Å². The summed E-state index contributed by atoms with van der Waals surface area (Å²) in [5.74, 6) is -4.51. The van der Waals surface area contributed by atoms with Crippen LogP contribution < -0.4 is 5.32 Å². The molecule has 10 atom stereocenters. The Bertz CT molecular complexity index is 1400. The highest BCUT2D eigenvalue weighted by atomic mass is 16.6. The smallest absolute Gasteiger partial charge is 0.330 e. The van der Waals surface area contributed by atoms with Gasteiger partial charge >= 0.3 is 23.9 Å². The summed E-state index contributed by atoms with van der Waals surface area (Å²) in [7, 11) is 1.29. The van der Waals surface area contributed by atoms with Gasteiger partial charge in [0.05, 0.1) is 31.0 Å². The van der Waals surface area contributed by atoms with Crippen LogP contribution in [0.3, 0.4) is 0 Å². The van der Waals surface area contributed by atoms with Crippen LogP contribution in [0, 0.1) is 34.5 Å². The average molecular weight is 628 g/mol. The first-order valence-electron chi connectivity index (χ1n) is 15.7. The Labute approximate surface area is 264 Å². The molecule has 45 heavy (non-hydrogen) atoms. The minimum Gasteiger partial charge on any atom is -0.469 e. The van der Waals surface area contributed by atoms with Gasteiger partial charge in [-0.2, -0.15) is 0 Å². The van der Waals surface area contributed by atoms with Crippen molar-refractivity contribution < 1.29 is 47.7 Å². The van der Waals surface area contributed by atoms with Crippen LogP contribution in [0.4, 0.5) is 0 Å². The number of hydrogen-bond acceptors (Lipinski definition) is 10. The minimum atomic E-state index is -1.17. The van der Waals surface area contributed by atoms with Gasteiger partial charge in [-0.3, -0.25) is 19.2 Å². The molecular weight excluding hydrogens is 582 g/mol. The number of carbonyl (C=O) groups excluding carboxylic acids is 5. The van der Waals surface area contributed by atoms with E-state index in [9.17, 15) is 24.0 Å². The van der Waals surface area contributed by atoms with E-state index in [1.54, 1.807) is 32.9 Å². The number of allylic oxidation sites excluding steroid dienone is 1. The first kappa shape index (κ1) is 32.9. The zero-order valence-electron chi connectivity index (χ0n) is 27.4. The Morgan fingerprint density at radius 2 is 1.84 bits per heavy atom. The van der Waals surface area contributed by atoms with Crippen molar-refractivity contribution in [2.24, 2.45) is 34.5 Å². The molecule has 0 aromatic carbocycles. The van der Waals surface area contributed by atoms with E-state index >= 15 is 0 Å². The van der Waals surface area contributed by atoms with Gasteiger partial charge in [0.15, 0.2) is 0 Å². The fourth-order valence-electron chi connectivity index (χ4n) is 8.96. The maximum absolute atomic E-state index is 13.6. The number of rotatable bonds is 8. The second-order valence-electron chi connectivity index (χ2n) is 14.2. The quantitative estimate of drug-likeness (QED) is 0.184. The number of hydrogen-bond donors (Lipinski definition) is 1. The highest BCUT2D eigenvalue weighted by Crippen LogP contribution is 2.75. The average Bonchev–Trinajstić information content (AvgIpc) is 3.47. The van der Waals surface area contributed by atoms with Gasteiger partial charge in [-0.1, -0.05) is 40.3 Å². The summed E-state index contributed by atoms with van der Waals surface area (Å²) < 4.78 is 30.1. The molecule has 1 spiro atoms. The molecule has 1 saturated heterocycles. The maximum Gasteiger partial charge on any atom is 0.330 e. The number of esters is 4. The molecule has 1 N–H and O–H groups in total. The Morgan fingerprint density at radius 3 is 2.42 bits per heavy atom. The molecule has 0 radical (unpaired) electrons. The number of cyclic esters (lactones) is 1. The van der Waals surface area contributed by atoms with Crippen molar-refractivity contribution >= 4 is 29.8 Å². The van der Waals surface area contributed by atoms with E-state index < -0.39 is 75.9 Å². The third kappa shape index (κ3) is 4.93. The van der Waals surface area contributed by atoms with Crippen LogP contribution in [-0.2, 0) is 47.7 Å². The van der Waals surface area contributed by atoms with Gasteiger partial charge in [-0.15, -0.1) is 0 Å². The maximum atomic E-state index is 13.6. The van der Waals surface area contributed by atoms with E-state index in [2.05, 4.69) is 11.9 Å². The Balaban J connectivity index is 1.75. The van der Waals surface area contributed by atoms with Crippen LogP contribution in [0.5, 0.6) is 0 Å². The number of methoxy groups -OCH3 is 1. The molecule has 3 aliphatic heterocycles. The van der Waals surface area contributed by atoms with Gasteiger partial charge < -0.3 is 29.0 Å². The van der Waals surface area contributed by atoms with Crippen LogP contribution in [0.15, 0.2) is 36.0 Å². The molecule has 2 saturated carbocycles. The molecule has 246 valence electrons. The van der Waals surface area contributed by atoms with Gasteiger partial charge in [-0.25, -0.2) is 4.79 Å². The van der Waals surface area contributed by atoms with Gasteiger partial charge in [0.2, 0.25) is 5.91 Å². The normalized spacial score (nSPS) is 40.2. The molecule has 0 aromatic heterocycles. The number of amides is 1. The van der Waals surface area contributed by atoms with Crippen LogP contribution in [0.25, 0.3) is 0 Å². The summed E-state index contributed by atoms with van der Waals surface area (Å²) in [4.78, 5) is 64.7. The number of carbonyl (C=O) groups is 5. The third-order valence-corrected chi connectivity index (χ3v) is 11.4. The molecule has 0 aromatic rings. The molecule has 1 unspecified atom stereocenters. The lowest BCUT2D eigenvalue weighted by atomic mass is 9.48. The summed E-state index contributed by atoms with van der Waals surface area (Å²) >= 11 is 0. The van der Waals surface area contributed by atoms with Crippen molar-refractivity contribution in [2.75, 3.05) is 13.7 Å². The summed E-state index contributed by atoms with van der Waals surface area (Å²) in [5, 5.41) is 2.85. The molecule has 3 fully saturated rings. The lowest BCUT2D eigenvalue weighted by Crippen LogP contribution is -2.67. The predicted molar refractivity (Wildman–Crippen MR) is 160 cm³/mol. The summed E-state index contributed by atoms with van der Waals surface area (Å²) in [5.41, 5.74) is -2.79. The van der Waals surface area contributed by atoms with E-state index in [1.165, 1.54) is 20.1 Å². The lowest BCUT2D eigenvalue weighted by Gasteiger charge is -2.58. The molecule has 11 nitrogen and oxygen atoms in total. The number of ether oxygens (including phenoxy) is 5. The van der Waals surface area contributed by atoms with E-state index in [4.69, 9.17) is 23.7 Å². The second-order valence-corrected chi connectivity index (χ2v) is 14.2. The highest BCUT2D eigenvalue weighted by molar-refractivity contribution is 5.91. The number of nitrogens with one attached hydrogen (secondary N) is 1. The summed E-state index contributed by atoms with van der Waals surface area (Å²) in [6, 6.07) is 0. The molecule has 3 heterocycles. The molecule has 5 rings (SSSR count). The molecule has 1 amide bonds. The van der Waals surface area contributed by atoms with Crippen LogP contribution in [0.1, 0.15) is 67.7 Å². The van der Waals surface area contributed by atoms with E-state index in [0.717, 1.165) is 5.57 Å². The first-order valence-corrected chi connectivity index (χ1v) is 15.7. The zero-order chi connectivity index (χ0) is 33.3. The molecule has 5 aliphatic rings. The van der Waals surface area contributed by atoms with Crippen molar-refractivity contribution in [2.45, 2.75) is 97.2 Å². The van der Waals surface area contributed by atoms with E-state index in [1.807, 2.05) is 20.8 Å². The molecule has 2 aliphatic carbocycles. The second kappa shape index (κ2) is 11.1. The summed E-state index contributed by atoms with van der Waals surface area (Å²) in [6.45, 7) is 17.2. The fourth-order valence-corrected chi connectivity index (χ4v) is 8.96. The topological polar surface area (TPSA) is 147 Å². The predicted octanol–water partition coefficient (Wildman–Crippen LogP) is 3.36. The third-order valence-electron chi connectivity index (χ3n) is 11.4. The molecule has 0 bridgehead atoms. The van der Waals surface area contributed by atoms with Crippen LogP contribution >= 0.6 is 0 Å². The Kier molecular flexibility index (Phi) is 8.12. The van der Waals surface area contributed by atoms with Crippen molar-refractivity contribution in [3.05, 3.63) is 36.0 Å². The molecule has 11 heteroatoms. The minimum absolute atomic E-state index is 0.122. The lowest BCUT2D eigenvalue weighted by molar-refractivity contribution is -0.214. The first-order chi connectivity index (χ1) is 21.0. The SMILES string of the molecule is C=C1[C@@H]([C@@]2(C)C=CC(=O)OC(C)(C)[C@@H]2CC(=O)OC)[C@@H](OC(C)=O)[C@H](OC(=O)C(C)CC)[C@@]2(C)[C@H](C3=CC(=O)NC3)C[C@H]3O[C@]132. The van der Waals surface area contributed by atoms with Crippen LogP contribution in [-0.4, -0.2) is 73.0 Å². The Hall–Kier alpha value is -3.47. The standard InChI is InChI=1S/C34H45NO10/c1-10-17(2)30(40)43-29-28(42-19(4)36)27(32(7)12-11-25(38)45-31(5,6)22(32)15-26(39)41-9)18(3)34-23(44-34)14-21(33(29,34)8)20-13-24(37)35-16-20/h11-13,17,21-23,27-29H,3,10,14-16H2,1-2,4-9H3,(H,35,37)/t17?,21-,22-,23+,27+,28+,29-,32-,33+,34+/m0/s1. The van der Waals surface area contributed by atoms with Gasteiger partial charge in [0.1, 0.15) is 23.4 Å². The van der Waals surface area contributed by atoms with Gasteiger partial charge in [0.25, 0.3) is 0 Å². The van der Waals surface area contributed by atoms with Crippen LogP contribution in [0.2, 0.25) is 0 Å². The highest BCUT2D eigenvalue weighted by Gasteiger charge is 2.84. The monoisotopic (exact) mass is 627 g/mol. The van der Waals surface area contributed by atoms with Crippen molar-refractivity contribution in [1.29, 1.82) is 0 Å². The largest absolute Gasteiger partial charge is 0.469 e. The Morgan fingerprint density at radius 1 is 1.16 bits per heavy atom. The van der Waals surface area contributed by atoms with Crippen molar-refractivity contribution in [3.63, 3.8) is 0 Å². The van der Waals surface area contributed by atoms with E-state index in [-0.39, 0.29) is 24.3 Å². The fraction of sp³-hybridized carbons (Fsp3) is 0.676.